The zero-order chi connectivity index (χ0) is 9.86. The van der Waals surface area contributed by atoms with Gasteiger partial charge in [0.25, 0.3) is 0 Å². The molecule has 3 heteroatoms. The van der Waals surface area contributed by atoms with Gasteiger partial charge in [-0.05, 0) is 56.7 Å². The smallest absolute Gasteiger partial charge is 0.0701 e. The number of hydrogen-bond donors (Lipinski definition) is 1. The molecule has 1 unspecified atom stereocenters. The minimum absolute atomic E-state index is 0.269. The van der Waals surface area contributed by atoms with Gasteiger partial charge in [0, 0.05) is 6.61 Å². The quantitative estimate of drug-likeness (QED) is 0.760. The first kappa shape index (κ1) is 10.8. The van der Waals surface area contributed by atoms with E-state index in [-0.39, 0.29) is 5.60 Å². The van der Waals surface area contributed by atoms with Crippen molar-refractivity contribution in [1.82, 2.24) is 5.32 Å². The van der Waals surface area contributed by atoms with E-state index in [1.807, 2.05) is 0 Å². The van der Waals surface area contributed by atoms with E-state index in [1.54, 1.807) is 0 Å². The van der Waals surface area contributed by atoms with Crippen molar-refractivity contribution in [1.29, 1.82) is 0 Å². The van der Waals surface area contributed by atoms with Gasteiger partial charge in [-0.15, -0.1) is 0 Å². The summed E-state index contributed by atoms with van der Waals surface area (Å²) in [5.41, 5.74) is 0.269. The molecule has 0 radical (unpaired) electrons. The van der Waals surface area contributed by atoms with Crippen LogP contribution in [0.15, 0.2) is 0 Å². The molecule has 2 nitrogen and oxygen atoms in total. The van der Waals surface area contributed by atoms with Crippen LogP contribution in [-0.2, 0) is 4.74 Å². The number of ether oxygens (including phenoxy) is 1. The topological polar surface area (TPSA) is 21.3 Å². The fourth-order valence-electron chi connectivity index (χ4n) is 2.68. The molecule has 0 amide bonds. The van der Waals surface area contributed by atoms with E-state index in [9.17, 15) is 0 Å². The first-order valence-electron chi connectivity index (χ1n) is 5.71. The molecule has 2 aliphatic heterocycles. The van der Waals surface area contributed by atoms with Gasteiger partial charge >= 0.3 is 0 Å². The second-order valence-corrected chi connectivity index (χ2v) is 5.79. The van der Waals surface area contributed by atoms with E-state index >= 15 is 0 Å². The summed E-state index contributed by atoms with van der Waals surface area (Å²) in [6.07, 6.45) is 5.08. The largest absolute Gasteiger partial charge is 0.375 e. The van der Waals surface area contributed by atoms with E-state index in [4.69, 9.17) is 4.74 Å². The summed E-state index contributed by atoms with van der Waals surface area (Å²) in [5, 5.41) is 3.30. The Morgan fingerprint density at radius 1 is 1.43 bits per heavy atom. The molecular formula is C11H21NOS. The maximum atomic E-state index is 6.04. The molecule has 2 heterocycles. The number of rotatable bonds is 2. The van der Waals surface area contributed by atoms with Crippen LogP contribution in [0.5, 0.6) is 0 Å². The molecule has 82 valence electrons. The van der Waals surface area contributed by atoms with Crippen molar-refractivity contribution in [3.8, 4) is 0 Å². The highest BCUT2D eigenvalue weighted by Crippen LogP contribution is 2.39. The van der Waals surface area contributed by atoms with E-state index in [1.165, 1.54) is 37.2 Å². The highest BCUT2D eigenvalue weighted by molar-refractivity contribution is 7.99. The highest BCUT2D eigenvalue weighted by atomic mass is 32.2. The fraction of sp³-hybridized carbons (Fsp3) is 1.00. The van der Waals surface area contributed by atoms with Crippen molar-refractivity contribution in [2.45, 2.75) is 31.3 Å². The van der Waals surface area contributed by atoms with Gasteiger partial charge in [-0.2, -0.15) is 11.8 Å². The van der Waals surface area contributed by atoms with Crippen molar-refractivity contribution >= 4 is 11.8 Å². The third-order valence-electron chi connectivity index (χ3n) is 3.49. The maximum absolute atomic E-state index is 6.04. The van der Waals surface area contributed by atoms with Crippen molar-refractivity contribution in [2.75, 3.05) is 31.7 Å². The predicted molar refractivity (Wildman–Crippen MR) is 61.9 cm³/mol. The van der Waals surface area contributed by atoms with Gasteiger partial charge in [-0.1, -0.05) is 0 Å². The molecule has 1 spiro atoms. The molecule has 2 aliphatic rings. The molecule has 0 aromatic rings. The Balaban J connectivity index is 1.91. The van der Waals surface area contributed by atoms with Crippen molar-refractivity contribution in [2.24, 2.45) is 5.92 Å². The monoisotopic (exact) mass is 215 g/mol. The van der Waals surface area contributed by atoms with Crippen molar-refractivity contribution in [3.63, 3.8) is 0 Å². The summed E-state index contributed by atoms with van der Waals surface area (Å²) >= 11 is 2.08. The molecule has 1 N–H and O–H groups in total. The van der Waals surface area contributed by atoms with Crippen LogP contribution in [0.3, 0.4) is 0 Å². The second kappa shape index (κ2) is 4.86. The van der Waals surface area contributed by atoms with E-state index in [0.717, 1.165) is 19.1 Å². The molecule has 2 saturated heterocycles. The molecule has 14 heavy (non-hydrogen) atoms. The highest BCUT2D eigenvalue weighted by Gasteiger charge is 2.38. The Hall–Kier alpha value is 0.270. The van der Waals surface area contributed by atoms with Crippen LogP contribution in [0.1, 0.15) is 25.7 Å². The minimum Gasteiger partial charge on any atom is -0.375 e. The van der Waals surface area contributed by atoms with Gasteiger partial charge in [-0.3, -0.25) is 0 Å². The van der Waals surface area contributed by atoms with Gasteiger partial charge in [0.05, 0.1) is 5.60 Å². The lowest BCUT2D eigenvalue weighted by Crippen LogP contribution is -2.44. The Morgan fingerprint density at radius 2 is 2.21 bits per heavy atom. The lowest BCUT2D eigenvalue weighted by molar-refractivity contribution is -0.101. The summed E-state index contributed by atoms with van der Waals surface area (Å²) < 4.78 is 6.04. The van der Waals surface area contributed by atoms with Crippen LogP contribution in [0, 0.1) is 5.92 Å². The standard InChI is InChI=1S/C11H21NOS/c1-12-9-10-2-5-13-11(8-10)3-6-14-7-4-11/h10,12H,2-9H2,1H3. The Bertz CT molecular complexity index is 173. The molecule has 0 aromatic heterocycles. The van der Waals surface area contributed by atoms with Gasteiger partial charge in [0.1, 0.15) is 0 Å². The number of hydrogen-bond acceptors (Lipinski definition) is 3. The van der Waals surface area contributed by atoms with Crippen LogP contribution in [0.25, 0.3) is 0 Å². The fourth-order valence-corrected chi connectivity index (χ4v) is 3.92. The van der Waals surface area contributed by atoms with Gasteiger partial charge < -0.3 is 10.1 Å². The van der Waals surface area contributed by atoms with Gasteiger partial charge in [0.2, 0.25) is 0 Å². The van der Waals surface area contributed by atoms with Crippen molar-refractivity contribution in [3.05, 3.63) is 0 Å². The third-order valence-corrected chi connectivity index (χ3v) is 4.48. The van der Waals surface area contributed by atoms with E-state index in [2.05, 4.69) is 24.1 Å². The van der Waals surface area contributed by atoms with Crippen LogP contribution in [0.4, 0.5) is 0 Å². The maximum Gasteiger partial charge on any atom is 0.0701 e. The lowest BCUT2D eigenvalue weighted by Gasteiger charge is -2.43. The Kier molecular flexibility index (Phi) is 3.74. The number of nitrogens with one attached hydrogen (secondary N) is 1. The van der Waals surface area contributed by atoms with E-state index < -0.39 is 0 Å². The lowest BCUT2D eigenvalue weighted by atomic mass is 9.82. The first-order chi connectivity index (χ1) is 6.85. The van der Waals surface area contributed by atoms with E-state index in [0.29, 0.717) is 0 Å². The normalized spacial score (nSPS) is 31.9. The molecule has 1 atom stereocenters. The van der Waals surface area contributed by atoms with Gasteiger partial charge in [0.15, 0.2) is 0 Å². The predicted octanol–water partition coefficient (Wildman–Crippen LogP) is 1.90. The molecule has 0 aliphatic carbocycles. The summed E-state index contributed by atoms with van der Waals surface area (Å²) in [7, 11) is 2.05. The molecule has 0 aromatic carbocycles. The molecule has 0 saturated carbocycles. The first-order valence-corrected chi connectivity index (χ1v) is 6.86. The molecule has 2 fully saturated rings. The van der Waals surface area contributed by atoms with Crippen LogP contribution in [-0.4, -0.2) is 37.3 Å². The zero-order valence-electron chi connectivity index (χ0n) is 9.05. The summed E-state index contributed by atoms with van der Waals surface area (Å²) in [5.74, 6) is 3.44. The average molecular weight is 215 g/mol. The van der Waals surface area contributed by atoms with Crippen LogP contribution in [0.2, 0.25) is 0 Å². The third kappa shape index (κ3) is 2.44. The average Bonchev–Trinajstić information content (AvgIpc) is 2.19. The Morgan fingerprint density at radius 3 is 2.93 bits per heavy atom. The summed E-state index contributed by atoms with van der Waals surface area (Å²) in [4.78, 5) is 0. The van der Waals surface area contributed by atoms with Gasteiger partial charge in [-0.25, -0.2) is 0 Å². The Labute approximate surface area is 91.2 Å². The summed E-state index contributed by atoms with van der Waals surface area (Å²) in [6, 6.07) is 0. The minimum atomic E-state index is 0.269. The molecule has 0 bridgehead atoms. The van der Waals surface area contributed by atoms with Crippen LogP contribution < -0.4 is 5.32 Å². The second-order valence-electron chi connectivity index (χ2n) is 4.56. The van der Waals surface area contributed by atoms with Crippen LogP contribution >= 0.6 is 11.8 Å². The zero-order valence-corrected chi connectivity index (χ0v) is 9.87. The molecule has 2 rings (SSSR count). The number of thioether (sulfide) groups is 1. The SMILES string of the molecule is CNCC1CCOC2(CCSCC2)C1. The summed E-state index contributed by atoms with van der Waals surface area (Å²) in [6.45, 7) is 2.15. The molecular weight excluding hydrogens is 194 g/mol. The van der Waals surface area contributed by atoms with Crippen molar-refractivity contribution < 1.29 is 4.74 Å².